The van der Waals surface area contributed by atoms with Gasteiger partial charge in [0, 0.05) is 12.6 Å². The van der Waals surface area contributed by atoms with Crippen molar-refractivity contribution in [3.63, 3.8) is 0 Å². The molecule has 0 fully saturated rings. The summed E-state index contributed by atoms with van der Waals surface area (Å²) in [6.45, 7) is -3.31. The van der Waals surface area contributed by atoms with E-state index in [1.165, 1.54) is 9.80 Å². The third kappa shape index (κ3) is 11.1. The third-order valence-corrected chi connectivity index (χ3v) is 4.63. The lowest BCUT2D eigenvalue weighted by Gasteiger charge is -2.24. The molecule has 0 aliphatic rings. The molecule has 2 aromatic rings. The molecule has 0 aliphatic carbocycles. The second kappa shape index (κ2) is 15.6. The number of benzene rings is 2. The molecule has 4 heteroatoms. The Labute approximate surface area is 193 Å². The van der Waals surface area contributed by atoms with Crippen molar-refractivity contribution in [3.05, 3.63) is 71.8 Å². The van der Waals surface area contributed by atoms with E-state index in [2.05, 4.69) is 11.8 Å². The van der Waals surface area contributed by atoms with Crippen LogP contribution < -0.4 is 0 Å². The van der Waals surface area contributed by atoms with Gasteiger partial charge < -0.3 is 5.11 Å². The van der Waals surface area contributed by atoms with E-state index in [-0.39, 0.29) is 18.0 Å². The van der Waals surface area contributed by atoms with Crippen molar-refractivity contribution in [3.8, 4) is 24.7 Å². The van der Waals surface area contributed by atoms with Crippen molar-refractivity contribution < 1.29 is 10.6 Å². The van der Waals surface area contributed by atoms with Crippen LogP contribution in [0.4, 0.5) is 0 Å². The Hall–Kier alpha value is -2.27. The Kier molecular flexibility index (Phi) is 10.2. The molecule has 0 saturated heterocycles. The number of nitrogens with zero attached hydrogens (tertiary/aromatic N) is 2. The number of halogens is 1. The highest BCUT2D eigenvalue weighted by atomic mass is 35.5. The summed E-state index contributed by atoms with van der Waals surface area (Å²) in [4.78, 5) is 2.84. The Morgan fingerprint density at radius 1 is 0.933 bits per heavy atom. The molecule has 160 valence electrons. The minimum atomic E-state index is -1.85. The van der Waals surface area contributed by atoms with Crippen LogP contribution in [0.5, 0.6) is 0 Å². The first kappa shape index (κ1) is 19.7. The molecule has 0 saturated carbocycles. The third-order valence-electron chi connectivity index (χ3n) is 4.34. The molecule has 3 nitrogen and oxygen atoms in total. The number of terminal acetylenes is 2. The smallest absolute Gasteiger partial charge is 0.0599 e. The number of likely N-dealkylation sites (N-methyl/N-ethyl adjacent to an activating group) is 1. The molecule has 0 aliphatic heterocycles. The van der Waals surface area contributed by atoms with Crippen molar-refractivity contribution in [2.45, 2.75) is 24.3 Å². The summed E-state index contributed by atoms with van der Waals surface area (Å²) in [5.74, 6) is 4.20. The zero-order valence-electron chi connectivity index (χ0n) is 21.6. The van der Waals surface area contributed by atoms with Crippen LogP contribution in [0, 0.1) is 24.7 Å². The molecule has 30 heavy (non-hydrogen) atoms. The minimum Gasteiger partial charge on any atom is -0.395 e. The standard InChI is InChI=1S/C13H16ClN.C13H17NO/c1-3-9-15(2)11-13(14)10-12-7-5-4-6-8-12;1-3-9-14(2)13(11-15)10-12-7-5-4-6-8-12/h1,4-8,13H,9-11H2,2H3;1,4-8,13,15H,9-11H2,2H3/t2*13-/m10/s1/i2*9D2. The fraction of sp³-hybridized carbons (Fsp3) is 0.385. The Bertz CT molecular complexity index is 929. The van der Waals surface area contributed by atoms with Gasteiger partial charge in [-0.3, -0.25) is 9.80 Å². The Morgan fingerprint density at radius 3 is 1.90 bits per heavy atom. The van der Waals surface area contributed by atoms with Crippen LogP contribution in [-0.4, -0.2) is 66.6 Å². The Morgan fingerprint density at radius 2 is 1.43 bits per heavy atom. The fourth-order valence-electron chi connectivity index (χ4n) is 2.79. The van der Waals surface area contributed by atoms with Crippen LogP contribution in [0.15, 0.2) is 60.7 Å². The van der Waals surface area contributed by atoms with Crippen molar-refractivity contribution >= 4 is 11.6 Å². The van der Waals surface area contributed by atoms with Crippen molar-refractivity contribution in [2.24, 2.45) is 0 Å². The van der Waals surface area contributed by atoms with Crippen LogP contribution >= 0.6 is 11.6 Å². The maximum atomic E-state index is 9.34. The molecule has 1 N–H and O–H groups in total. The summed E-state index contributed by atoms with van der Waals surface area (Å²) in [5, 5.41) is 9.18. The number of alkyl halides is 1. The highest BCUT2D eigenvalue weighted by Gasteiger charge is 2.13. The second-order valence-electron chi connectivity index (χ2n) is 6.82. The van der Waals surface area contributed by atoms with Gasteiger partial charge in [0.05, 0.1) is 30.5 Å². The number of hydrogen-bond donors (Lipinski definition) is 1. The average molecular weight is 429 g/mol. The number of aliphatic hydroxyl groups excluding tert-OH is 1. The van der Waals surface area contributed by atoms with Crippen LogP contribution in [0.2, 0.25) is 0 Å². The predicted octanol–water partition coefficient (Wildman–Crippen LogP) is 3.56. The summed E-state index contributed by atoms with van der Waals surface area (Å²) in [5.41, 5.74) is 2.19. The van der Waals surface area contributed by atoms with Crippen LogP contribution in [0.25, 0.3) is 0 Å². The van der Waals surface area contributed by atoms with Gasteiger partial charge in [0.15, 0.2) is 0 Å². The molecule has 2 atom stereocenters. The van der Waals surface area contributed by atoms with E-state index >= 15 is 0 Å². The van der Waals surface area contributed by atoms with Crippen molar-refractivity contribution in [1.82, 2.24) is 9.80 Å². The SMILES string of the molecule is [2H]C([2H])(C#C)N(C)C[C@H](Cl)Cc1ccccc1.[2H]C([2H])(C#C)N(C)[C@H](CO)Cc1ccccc1. The maximum absolute atomic E-state index is 9.34. The van der Waals surface area contributed by atoms with E-state index < -0.39 is 13.0 Å². The zero-order chi connectivity index (χ0) is 25.8. The molecular weight excluding hydrogens is 392 g/mol. The normalized spacial score (nSPS) is 15.3. The first-order chi connectivity index (χ1) is 16.0. The fourth-order valence-corrected chi connectivity index (χ4v) is 3.18. The summed E-state index contributed by atoms with van der Waals surface area (Å²) < 4.78 is 30.4. The number of hydrogen-bond acceptors (Lipinski definition) is 3. The van der Waals surface area contributed by atoms with E-state index in [4.69, 9.17) is 29.9 Å². The molecule has 0 radical (unpaired) electrons. The lowest BCUT2D eigenvalue weighted by atomic mass is 10.1. The van der Waals surface area contributed by atoms with E-state index in [1.54, 1.807) is 14.1 Å². The first-order valence-electron chi connectivity index (χ1n) is 11.7. The van der Waals surface area contributed by atoms with Gasteiger partial charge in [-0.1, -0.05) is 72.5 Å². The molecule has 2 rings (SSSR count). The topological polar surface area (TPSA) is 26.7 Å². The van der Waals surface area contributed by atoms with Crippen LogP contribution in [0.3, 0.4) is 0 Å². The van der Waals surface area contributed by atoms with Gasteiger partial charge in [-0.2, -0.15) is 0 Å². The van der Waals surface area contributed by atoms with Gasteiger partial charge in [-0.05, 0) is 38.1 Å². The van der Waals surface area contributed by atoms with Gasteiger partial charge in [0.1, 0.15) is 0 Å². The van der Waals surface area contributed by atoms with Crippen molar-refractivity contribution in [2.75, 3.05) is 40.2 Å². The molecule has 0 heterocycles. The van der Waals surface area contributed by atoms with E-state index in [1.807, 2.05) is 60.7 Å². The van der Waals surface area contributed by atoms with Gasteiger partial charge in [0.2, 0.25) is 0 Å². The zero-order valence-corrected chi connectivity index (χ0v) is 18.4. The highest BCUT2D eigenvalue weighted by Crippen LogP contribution is 2.09. The molecule has 0 bridgehead atoms. The van der Waals surface area contributed by atoms with E-state index in [0.29, 0.717) is 19.4 Å². The molecule has 2 aromatic carbocycles. The summed E-state index contributed by atoms with van der Waals surface area (Å²) in [6.07, 6.45) is 11.5. The summed E-state index contributed by atoms with van der Waals surface area (Å²) in [7, 11) is 3.23. The average Bonchev–Trinajstić information content (AvgIpc) is 2.83. The van der Waals surface area contributed by atoms with E-state index in [9.17, 15) is 5.11 Å². The van der Waals surface area contributed by atoms with Gasteiger partial charge in [0.25, 0.3) is 0 Å². The monoisotopic (exact) mass is 428 g/mol. The number of rotatable bonds is 10. The van der Waals surface area contributed by atoms with Gasteiger partial charge >= 0.3 is 0 Å². The largest absolute Gasteiger partial charge is 0.395 e. The Balaban J connectivity index is 0.000000340. The molecule has 0 spiro atoms. The molecule has 0 aromatic heterocycles. The lowest BCUT2D eigenvalue weighted by Crippen LogP contribution is -2.36. The quantitative estimate of drug-likeness (QED) is 0.463. The molecule has 0 unspecified atom stereocenters. The maximum Gasteiger partial charge on any atom is 0.0599 e. The van der Waals surface area contributed by atoms with Crippen LogP contribution in [0.1, 0.15) is 16.6 Å². The first-order valence-corrected chi connectivity index (χ1v) is 10.1. The highest BCUT2D eigenvalue weighted by molar-refractivity contribution is 6.20. The summed E-state index contributed by atoms with van der Waals surface area (Å²) >= 11 is 6.20. The lowest BCUT2D eigenvalue weighted by molar-refractivity contribution is 0.158. The summed E-state index contributed by atoms with van der Waals surface area (Å²) in [6, 6.07) is 19.2. The minimum absolute atomic E-state index is 0.132. The second-order valence-corrected chi connectivity index (χ2v) is 7.43. The van der Waals surface area contributed by atoms with Crippen LogP contribution in [-0.2, 0) is 12.8 Å². The van der Waals surface area contributed by atoms with Gasteiger partial charge in [-0.15, -0.1) is 24.4 Å². The molecule has 0 amide bonds. The van der Waals surface area contributed by atoms with Gasteiger partial charge in [-0.25, -0.2) is 0 Å². The predicted molar refractivity (Wildman–Crippen MR) is 129 cm³/mol. The molecular formula is C26H33ClN2O. The van der Waals surface area contributed by atoms with Crippen molar-refractivity contribution in [1.29, 1.82) is 0 Å². The number of aliphatic hydroxyl groups is 1. The van der Waals surface area contributed by atoms with E-state index in [0.717, 1.165) is 11.1 Å².